The maximum Gasteiger partial charge on any atom is 0.0412 e. The monoisotopic (exact) mass is 181 g/mol. The van der Waals surface area contributed by atoms with Crippen molar-refractivity contribution in [3.8, 4) is 0 Å². The lowest BCUT2D eigenvalue weighted by molar-refractivity contribution is 0.608. The zero-order valence-corrected chi connectivity index (χ0v) is 8.10. The van der Waals surface area contributed by atoms with Gasteiger partial charge in [-0.3, -0.25) is 4.72 Å². The summed E-state index contributed by atoms with van der Waals surface area (Å²) in [5.41, 5.74) is 5.57. The first kappa shape index (κ1) is 8.67. The van der Waals surface area contributed by atoms with Crippen LogP contribution in [0.5, 0.6) is 0 Å². The van der Waals surface area contributed by atoms with Gasteiger partial charge in [0, 0.05) is 19.0 Å². The van der Waals surface area contributed by atoms with Crippen molar-refractivity contribution in [1.82, 2.24) is 9.03 Å². The van der Waals surface area contributed by atoms with E-state index >= 15 is 0 Å². The van der Waals surface area contributed by atoms with Gasteiger partial charge in [0.1, 0.15) is 0 Å². The quantitative estimate of drug-likeness (QED) is 0.548. The van der Waals surface area contributed by atoms with Crippen molar-refractivity contribution in [3.63, 3.8) is 0 Å². The fraction of sp³-hybridized carbons (Fsp3) is 1.00. The number of nitrogens with one attached hydrogen (secondary N) is 1. The Morgan fingerprint density at radius 2 is 2.50 bits per heavy atom. The maximum absolute atomic E-state index is 5.57. The molecule has 1 aliphatic rings. The first-order valence-electron chi connectivity index (χ1n) is 3.28. The highest BCUT2D eigenvalue weighted by atomic mass is 32.9. The molecule has 1 saturated heterocycles. The molecule has 0 spiro atoms. The van der Waals surface area contributed by atoms with Gasteiger partial charge in [0.2, 0.25) is 0 Å². The lowest BCUT2D eigenvalue weighted by Gasteiger charge is -2.13. The van der Waals surface area contributed by atoms with E-state index in [4.69, 9.17) is 5.73 Å². The van der Waals surface area contributed by atoms with Gasteiger partial charge in [-0.15, -0.1) is 9.45 Å². The van der Waals surface area contributed by atoms with Gasteiger partial charge in [-0.25, -0.2) is 4.31 Å². The Bertz CT molecular complexity index is 157. The van der Waals surface area contributed by atoms with Crippen LogP contribution in [0.15, 0.2) is 0 Å². The van der Waals surface area contributed by atoms with E-state index in [1.165, 1.54) is 6.54 Å². The van der Waals surface area contributed by atoms with Gasteiger partial charge in [0.05, 0.1) is 0 Å². The van der Waals surface area contributed by atoms with Crippen molar-refractivity contribution in [2.24, 2.45) is 5.73 Å². The molecule has 0 bridgehead atoms. The Morgan fingerprint density at radius 1 is 1.80 bits per heavy atom. The Balaban J connectivity index is 2.69. The fourth-order valence-corrected chi connectivity index (χ4v) is 5.14. The lowest BCUT2D eigenvalue weighted by Crippen LogP contribution is -2.25. The molecular formula is C5H15N3S2. The molecule has 1 fully saturated rings. The molecule has 1 rings (SSSR count). The highest BCUT2D eigenvalue weighted by Gasteiger charge is 2.12. The van der Waals surface area contributed by atoms with Crippen LogP contribution in [0.3, 0.4) is 0 Å². The minimum Gasteiger partial charge on any atom is -0.322 e. The molecule has 62 valence electrons. The van der Waals surface area contributed by atoms with Crippen LogP contribution in [0.4, 0.5) is 0 Å². The Labute approximate surface area is 66.8 Å². The second-order valence-corrected chi connectivity index (χ2v) is 7.78. The predicted molar refractivity (Wildman–Crippen MR) is 50.3 cm³/mol. The molecule has 0 aromatic rings. The second-order valence-electron chi connectivity index (χ2n) is 2.23. The Hall–Kier alpha value is 0.580. The maximum atomic E-state index is 5.57. The van der Waals surface area contributed by atoms with Crippen LogP contribution in [0, 0.1) is 0 Å². The summed E-state index contributed by atoms with van der Waals surface area (Å²) >= 11 is 0. The smallest absolute Gasteiger partial charge is 0.0412 e. The molecule has 2 atom stereocenters. The lowest BCUT2D eigenvalue weighted by atomic mass is 10.7. The van der Waals surface area contributed by atoms with Crippen LogP contribution in [0.2, 0.25) is 0 Å². The molecule has 3 nitrogen and oxygen atoms in total. The van der Waals surface area contributed by atoms with Crippen molar-refractivity contribution in [3.05, 3.63) is 0 Å². The summed E-state index contributed by atoms with van der Waals surface area (Å²) in [6.45, 7) is 2.29. The molecule has 0 amide bonds. The van der Waals surface area contributed by atoms with Crippen molar-refractivity contribution < 1.29 is 0 Å². The average molecular weight is 181 g/mol. The molecule has 5 heteroatoms. The minimum absolute atomic E-state index is 0.269. The van der Waals surface area contributed by atoms with Gasteiger partial charge in [-0.05, 0) is 23.1 Å². The van der Waals surface area contributed by atoms with Crippen LogP contribution in [0.1, 0.15) is 0 Å². The highest BCUT2D eigenvalue weighted by Crippen LogP contribution is 1.99. The van der Waals surface area contributed by atoms with E-state index in [0.717, 1.165) is 12.4 Å². The van der Waals surface area contributed by atoms with Crippen molar-refractivity contribution >= 4 is 19.3 Å². The third-order valence-electron chi connectivity index (χ3n) is 1.44. The summed E-state index contributed by atoms with van der Waals surface area (Å²) in [7, 11) is 2.76. The van der Waals surface area contributed by atoms with Crippen LogP contribution < -0.4 is 10.5 Å². The van der Waals surface area contributed by atoms with Crippen molar-refractivity contribution in [2.75, 3.05) is 32.3 Å². The fourth-order valence-electron chi connectivity index (χ4n) is 0.866. The van der Waals surface area contributed by atoms with Gasteiger partial charge in [0.15, 0.2) is 0 Å². The summed E-state index contributed by atoms with van der Waals surface area (Å²) < 4.78 is 5.80. The molecule has 0 saturated carbocycles. The molecule has 3 N–H and O–H groups in total. The molecule has 1 heterocycles. The zero-order chi connectivity index (χ0) is 7.56. The highest BCUT2D eigenvalue weighted by molar-refractivity contribution is 8.42. The summed E-state index contributed by atoms with van der Waals surface area (Å²) in [4.78, 5) is 0. The molecule has 2 unspecified atom stereocenters. The third-order valence-corrected chi connectivity index (χ3v) is 6.79. The van der Waals surface area contributed by atoms with Crippen LogP contribution in [-0.2, 0) is 19.3 Å². The van der Waals surface area contributed by atoms with E-state index in [1.807, 2.05) is 0 Å². The summed E-state index contributed by atoms with van der Waals surface area (Å²) in [5, 5.41) is 0. The number of nitrogens with zero attached hydrogens (tertiary/aromatic N) is 1. The number of hydrogen-bond donors (Lipinski definition) is 2. The molecule has 0 radical (unpaired) electrons. The van der Waals surface area contributed by atoms with Gasteiger partial charge in [-0.2, -0.15) is 0 Å². The van der Waals surface area contributed by atoms with E-state index in [2.05, 4.69) is 22.3 Å². The summed E-state index contributed by atoms with van der Waals surface area (Å²) in [6, 6.07) is 0. The second kappa shape index (κ2) is 3.82. The normalized spacial score (nSPS) is 30.9. The van der Waals surface area contributed by atoms with Crippen LogP contribution in [0.25, 0.3) is 0 Å². The van der Waals surface area contributed by atoms with Crippen LogP contribution >= 0.6 is 0 Å². The Kier molecular flexibility index (Phi) is 3.32. The molecule has 0 aromatic carbocycles. The topological polar surface area (TPSA) is 41.3 Å². The first-order valence-corrected chi connectivity index (χ1v) is 6.78. The number of nitrogens with two attached hydrogens (primary N) is 1. The standard InChI is InChI=1S/C5H15N3S2/c1-8-4-3-7-10(8)9(2)5-6/h7H,3-6H2,1-2H3. The molecule has 10 heavy (non-hydrogen) atoms. The minimum atomic E-state index is 0.269. The van der Waals surface area contributed by atoms with E-state index in [-0.39, 0.29) is 9.83 Å². The SMILES string of the molecule is CN1CCN/S1=S(/C)CN. The van der Waals surface area contributed by atoms with E-state index in [1.54, 1.807) is 0 Å². The Morgan fingerprint density at radius 3 is 2.90 bits per heavy atom. The predicted octanol–water partition coefficient (Wildman–Crippen LogP) is -0.951. The van der Waals surface area contributed by atoms with Crippen LogP contribution in [-0.4, -0.2) is 36.6 Å². The first-order chi connectivity index (χ1) is 4.75. The largest absolute Gasteiger partial charge is 0.322 e. The molecule has 1 aliphatic heterocycles. The molecular weight excluding hydrogens is 166 g/mol. The zero-order valence-electron chi connectivity index (χ0n) is 6.46. The molecule has 0 aliphatic carbocycles. The van der Waals surface area contributed by atoms with E-state index < -0.39 is 0 Å². The number of hydrogen-bond acceptors (Lipinski definition) is 1. The molecule has 0 aromatic heterocycles. The van der Waals surface area contributed by atoms with Gasteiger partial charge in [0.25, 0.3) is 0 Å². The average Bonchev–Trinajstić information content (AvgIpc) is 2.34. The van der Waals surface area contributed by atoms with E-state index in [0.29, 0.717) is 9.45 Å². The third kappa shape index (κ3) is 1.79. The number of rotatable bonds is 1. The van der Waals surface area contributed by atoms with Crippen molar-refractivity contribution in [1.29, 1.82) is 0 Å². The van der Waals surface area contributed by atoms with Gasteiger partial charge >= 0.3 is 0 Å². The number of likely N-dealkylation sites (N-methyl/N-ethyl adjacent to an activating group) is 1. The van der Waals surface area contributed by atoms with Gasteiger partial charge in [-0.1, -0.05) is 0 Å². The van der Waals surface area contributed by atoms with Gasteiger partial charge < -0.3 is 5.73 Å². The van der Waals surface area contributed by atoms with Crippen molar-refractivity contribution in [2.45, 2.75) is 0 Å². The van der Waals surface area contributed by atoms with E-state index in [9.17, 15) is 0 Å². The summed E-state index contributed by atoms with van der Waals surface area (Å²) in [6.07, 6.45) is 2.22. The summed E-state index contributed by atoms with van der Waals surface area (Å²) in [5.74, 6) is 0.806.